The Hall–Kier alpha value is -2.39. The molecule has 0 aliphatic heterocycles. The molecule has 0 bridgehead atoms. The van der Waals surface area contributed by atoms with Gasteiger partial charge in [0.2, 0.25) is 0 Å². The molecule has 0 amide bonds. The van der Waals surface area contributed by atoms with Gasteiger partial charge in [0.05, 0.1) is 0 Å². The van der Waals surface area contributed by atoms with Gasteiger partial charge in [-0.2, -0.15) is 0 Å². The van der Waals surface area contributed by atoms with Crippen molar-refractivity contribution < 1.29 is 9.13 Å². The number of nitrogens with one attached hydrogen (secondary N) is 1. The van der Waals surface area contributed by atoms with Gasteiger partial charge < -0.3 is 10.1 Å². The Morgan fingerprint density at radius 2 is 1.71 bits per heavy atom. The van der Waals surface area contributed by atoms with Gasteiger partial charge in [-0.1, -0.05) is 62.4 Å². The zero-order chi connectivity index (χ0) is 16.9. The molecule has 0 heterocycles. The van der Waals surface area contributed by atoms with Gasteiger partial charge in [0, 0.05) is 23.7 Å². The highest BCUT2D eigenvalue weighted by Gasteiger charge is 2.10. The standard InChI is InChI=1S/C21H22FNO/c1-15(2)23-13-19-18-9-5-3-7-16(18)11-12-21(19)24-14-17-8-4-6-10-20(17)22/h3-12,15,23H,13-14H2,1-2H3. The first-order chi connectivity index (χ1) is 11.6. The molecule has 0 aliphatic carbocycles. The van der Waals surface area contributed by atoms with Crippen LogP contribution >= 0.6 is 0 Å². The third kappa shape index (κ3) is 3.74. The Morgan fingerprint density at radius 1 is 0.958 bits per heavy atom. The number of fused-ring (bicyclic) bond motifs is 1. The van der Waals surface area contributed by atoms with E-state index in [9.17, 15) is 4.39 Å². The Morgan fingerprint density at radius 3 is 2.50 bits per heavy atom. The largest absolute Gasteiger partial charge is 0.488 e. The summed E-state index contributed by atoms with van der Waals surface area (Å²) >= 11 is 0. The highest BCUT2D eigenvalue weighted by molar-refractivity contribution is 5.87. The lowest BCUT2D eigenvalue weighted by Gasteiger charge is -2.16. The Balaban J connectivity index is 1.91. The molecule has 124 valence electrons. The van der Waals surface area contributed by atoms with Crippen molar-refractivity contribution in [3.8, 4) is 5.75 Å². The molecule has 3 aromatic rings. The molecule has 0 radical (unpaired) electrons. The van der Waals surface area contributed by atoms with Crippen LogP contribution in [0, 0.1) is 5.82 Å². The van der Waals surface area contributed by atoms with Crippen LogP contribution in [0.5, 0.6) is 5.75 Å². The summed E-state index contributed by atoms with van der Waals surface area (Å²) in [5.41, 5.74) is 1.67. The molecule has 0 fully saturated rings. The van der Waals surface area contributed by atoms with Crippen molar-refractivity contribution in [2.75, 3.05) is 0 Å². The first-order valence-corrected chi connectivity index (χ1v) is 8.25. The second-order valence-corrected chi connectivity index (χ2v) is 6.18. The van der Waals surface area contributed by atoms with E-state index in [4.69, 9.17) is 4.74 Å². The monoisotopic (exact) mass is 323 g/mol. The molecule has 3 heteroatoms. The van der Waals surface area contributed by atoms with Gasteiger partial charge in [-0.25, -0.2) is 4.39 Å². The maximum atomic E-state index is 13.8. The first-order valence-electron chi connectivity index (χ1n) is 8.25. The number of hydrogen-bond donors (Lipinski definition) is 1. The molecule has 0 atom stereocenters. The van der Waals surface area contributed by atoms with E-state index in [1.165, 1.54) is 11.5 Å². The summed E-state index contributed by atoms with van der Waals surface area (Å²) < 4.78 is 19.8. The molecule has 24 heavy (non-hydrogen) atoms. The van der Waals surface area contributed by atoms with E-state index in [0.29, 0.717) is 18.2 Å². The van der Waals surface area contributed by atoms with Gasteiger partial charge in [-0.15, -0.1) is 0 Å². The van der Waals surface area contributed by atoms with Crippen LogP contribution in [0.15, 0.2) is 60.7 Å². The van der Waals surface area contributed by atoms with E-state index in [1.54, 1.807) is 12.1 Å². The minimum absolute atomic E-state index is 0.222. The van der Waals surface area contributed by atoms with E-state index < -0.39 is 0 Å². The van der Waals surface area contributed by atoms with Crippen LogP contribution in [-0.4, -0.2) is 6.04 Å². The van der Waals surface area contributed by atoms with Gasteiger partial charge >= 0.3 is 0 Å². The first kappa shape index (κ1) is 16.5. The second kappa shape index (κ2) is 7.45. The summed E-state index contributed by atoms with van der Waals surface area (Å²) in [6, 6.07) is 19.4. The zero-order valence-electron chi connectivity index (χ0n) is 14.1. The minimum atomic E-state index is -0.236. The van der Waals surface area contributed by atoms with Crippen LogP contribution in [-0.2, 0) is 13.2 Å². The molecule has 1 N–H and O–H groups in total. The SMILES string of the molecule is CC(C)NCc1c(OCc2ccccc2F)ccc2ccccc12. The molecular weight excluding hydrogens is 301 g/mol. The van der Waals surface area contributed by atoms with Crippen LogP contribution in [0.2, 0.25) is 0 Å². The Labute approximate surface area is 142 Å². The van der Waals surface area contributed by atoms with Gasteiger partial charge in [-0.05, 0) is 22.9 Å². The molecule has 0 spiro atoms. The number of benzene rings is 3. The topological polar surface area (TPSA) is 21.3 Å². The van der Waals surface area contributed by atoms with Crippen molar-refractivity contribution in [1.82, 2.24) is 5.32 Å². The molecule has 0 saturated heterocycles. The minimum Gasteiger partial charge on any atom is -0.488 e. The van der Waals surface area contributed by atoms with Crippen LogP contribution in [0.3, 0.4) is 0 Å². The average molecular weight is 323 g/mol. The fourth-order valence-electron chi connectivity index (χ4n) is 2.71. The smallest absolute Gasteiger partial charge is 0.129 e. The lowest BCUT2D eigenvalue weighted by atomic mass is 10.0. The van der Waals surface area contributed by atoms with Gasteiger partial charge in [0.25, 0.3) is 0 Å². The van der Waals surface area contributed by atoms with Crippen LogP contribution < -0.4 is 10.1 Å². The van der Waals surface area contributed by atoms with Gasteiger partial charge in [0.15, 0.2) is 0 Å². The third-order valence-electron chi connectivity index (χ3n) is 4.03. The van der Waals surface area contributed by atoms with Crippen molar-refractivity contribution in [3.05, 3.63) is 77.6 Å². The van der Waals surface area contributed by atoms with Gasteiger partial charge in [0.1, 0.15) is 18.2 Å². The summed E-state index contributed by atoms with van der Waals surface area (Å²) in [5.74, 6) is 0.560. The number of ether oxygens (including phenoxy) is 1. The second-order valence-electron chi connectivity index (χ2n) is 6.18. The maximum Gasteiger partial charge on any atom is 0.129 e. The quantitative estimate of drug-likeness (QED) is 0.685. The Kier molecular flexibility index (Phi) is 5.11. The van der Waals surface area contributed by atoms with Crippen molar-refractivity contribution in [3.63, 3.8) is 0 Å². The van der Waals surface area contributed by atoms with E-state index >= 15 is 0 Å². The number of halogens is 1. The normalized spacial score (nSPS) is 11.2. The Bertz CT molecular complexity index is 829. The molecule has 2 nitrogen and oxygen atoms in total. The number of rotatable bonds is 6. The molecular formula is C21H22FNO. The third-order valence-corrected chi connectivity index (χ3v) is 4.03. The molecule has 0 unspecified atom stereocenters. The lowest BCUT2D eigenvalue weighted by molar-refractivity contribution is 0.296. The summed E-state index contributed by atoms with van der Waals surface area (Å²) in [7, 11) is 0. The lowest BCUT2D eigenvalue weighted by Crippen LogP contribution is -2.22. The maximum absolute atomic E-state index is 13.8. The molecule has 0 aromatic heterocycles. The van der Waals surface area contributed by atoms with E-state index in [0.717, 1.165) is 16.7 Å². The zero-order valence-corrected chi connectivity index (χ0v) is 14.1. The molecule has 3 aromatic carbocycles. The summed E-state index contributed by atoms with van der Waals surface area (Å²) in [6.07, 6.45) is 0. The highest BCUT2D eigenvalue weighted by Crippen LogP contribution is 2.29. The van der Waals surface area contributed by atoms with Crippen molar-refractivity contribution in [2.24, 2.45) is 0 Å². The van der Waals surface area contributed by atoms with Crippen LogP contribution in [0.4, 0.5) is 4.39 Å². The highest BCUT2D eigenvalue weighted by atomic mass is 19.1. The van der Waals surface area contributed by atoms with Crippen LogP contribution in [0.25, 0.3) is 10.8 Å². The average Bonchev–Trinajstić information content (AvgIpc) is 2.59. The van der Waals surface area contributed by atoms with E-state index in [-0.39, 0.29) is 12.4 Å². The molecule has 0 aliphatic rings. The summed E-state index contributed by atoms with van der Waals surface area (Å²) in [6.45, 7) is 5.17. The van der Waals surface area contributed by atoms with Crippen molar-refractivity contribution in [1.29, 1.82) is 0 Å². The van der Waals surface area contributed by atoms with E-state index in [1.807, 2.05) is 30.3 Å². The fourth-order valence-corrected chi connectivity index (χ4v) is 2.71. The van der Waals surface area contributed by atoms with Crippen molar-refractivity contribution >= 4 is 10.8 Å². The molecule has 3 rings (SSSR count). The fraction of sp³-hybridized carbons (Fsp3) is 0.238. The predicted octanol–water partition coefficient (Wildman–Crippen LogP) is 5.06. The van der Waals surface area contributed by atoms with Crippen molar-refractivity contribution in [2.45, 2.75) is 33.0 Å². The molecule has 0 saturated carbocycles. The summed E-state index contributed by atoms with van der Waals surface area (Å²) in [5, 5.41) is 5.79. The van der Waals surface area contributed by atoms with Gasteiger partial charge in [-0.3, -0.25) is 0 Å². The van der Waals surface area contributed by atoms with Crippen LogP contribution in [0.1, 0.15) is 25.0 Å². The predicted molar refractivity (Wildman–Crippen MR) is 96.7 cm³/mol. The number of hydrogen-bond acceptors (Lipinski definition) is 2. The van der Waals surface area contributed by atoms with E-state index in [2.05, 4.69) is 31.3 Å². The summed E-state index contributed by atoms with van der Waals surface area (Å²) in [4.78, 5) is 0.